The molecule has 0 bridgehead atoms. The molecule has 0 aromatic rings. The topological polar surface area (TPSA) is 89.6 Å². The maximum absolute atomic E-state index is 12.0. The van der Waals surface area contributed by atoms with Gasteiger partial charge >= 0.3 is 5.97 Å². The van der Waals surface area contributed by atoms with E-state index in [9.17, 15) is 14.7 Å². The van der Waals surface area contributed by atoms with Gasteiger partial charge in [-0.1, -0.05) is 20.8 Å². The second-order valence-corrected chi connectivity index (χ2v) is 6.52. The number of carbonyl (C=O) groups is 2. The average molecular weight is 259 g/mol. The Bertz CT molecular complexity index is 312. The number of esters is 1. The molecule has 0 aromatic carbocycles. The van der Waals surface area contributed by atoms with Crippen LogP contribution in [0, 0.1) is 10.8 Å². The second-order valence-electron chi connectivity index (χ2n) is 6.52. The molecule has 2 unspecified atom stereocenters. The summed E-state index contributed by atoms with van der Waals surface area (Å²) in [6.07, 6.45) is -0.997. The van der Waals surface area contributed by atoms with Crippen molar-refractivity contribution in [1.82, 2.24) is 0 Å². The Hall–Kier alpha value is -0.940. The van der Waals surface area contributed by atoms with E-state index in [2.05, 4.69) is 0 Å². The van der Waals surface area contributed by atoms with Crippen LogP contribution in [-0.4, -0.2) is 35.6 Å². The van der Waals surface area contributed by atoms with E-state index in [-0.39, 0.29) is 5.78 Å². The molecule has 3 N–H and O–H groups in total. The molecule has 0 rings (SSSR count). The van der Waals surface area contributed by atoms with Crippen LogP contribution in [-0.2, 0) is 14.3 Å². The predicted molar refractivity (Wildman–Crippen MR) is 68.9 cm³/mol. The first-order chi connectivity index (χ1) is 7.91. The fourth-order valence-electron chi connectivity index (χ4n) is 1.21. The van der Waals surface area contributed by atoms with E-state index >= 15 is 0 Å². The molecule has 0 saturated heterocycles. The summed E-state index contributed by atoms with van der Waals surface area (Å²) in [5.41, 5.74) is 4.43. The van der Waals surface area contributed by atoms with Gasteiger partial charge in [0, 0.05) is 5.41 Å². The molecule has 5 nitrogen and oxygen atoms in total. The van der Waals surface area contributed by atoms with Gasteiger partial charge in [0.25, 0.3) is 0 Å². The van der Waals surface area contributed by atoms with E-state index in [1.54, 1.807) is 41.5 Å². The molecule has 0 aromatic heterocycles. The Morgan fingerprint density at radius 3 is 1.83 bits per heavy atom. The van der Waals surface area contributed by atoms with Gasteiger partial charge in [-0.05, 0) is 20.8 Å². The third-order valence-corrected chi connectivity index (χ3v) is 2.49. The van der Waals surface area contributed by atoms with E-state index in [1.165, 1.54) is 0 Å². The predicted octanol–water partition coefficient (Wildman–Crippen LogP) is 0.879. The summed E-state index contributed by atoms with van der Waals surface area (Å²) in [4.78, 5) is 23.7. The number of Topliss-reactive ketones (excluding diaryl/α,β-unsaturated/α-hetero) is 1. The first-order valence-electron chi connectivity index (χ1n) is 6.03. The summed E-state index contributed by atoms with van der Waals surface area (Å²) < 4.78 is 5.11. The van der Waals surface area contributed by atoms with Gasteiger partial charge in [-0.3, -0.25) is 9.59 Å². The van der Waals surface area contributed by atoms with E-state index in [1.807, 2.05) is 0 Å². The van der Waals surface area contributed by atoms with Gasteiger partial charge in [-0.15, -0.1) is 0 Å². The summed E-state index contributed by atoms with van der Waals surface area (Å²) in [6.45, 7) is 9.81. The molecule has 0 saturated carbocycles. The van der Waals surface area contributed by atoms with Crippen molar-refractivity contribution in [3.8, 4) is 0 Å². The lowest BCUT2D eigenvalue weighted by molar-refractivity contribution is -0.163. The maximum Gasteiger partial charge on any atom is 0.311 e. The molecule has 0 aliphatic heterocycles. The Morgan fingerprint density at radius 2 is 1.56 bits per heavy atom. The van der Waals surface area contributed by atoms with Gasteiger partial charge in [-0.2, -0.15) is 0 Å². The highest BCUT2D eigenvalue weighted by molar-refractivity contribution is 5.89. The lowest BCUT2D eigenvalue weighted by Crippen LogP contribution is -2.51. The van der Waals surface area contributed by atoms with Crippen LogP contribution in [0.15, 0.2) is 0 Å². The number of rotatable bonds is 4. The zero-order valence-corrected chi connectivity index (χ0v) is 12.1. The van der Waals surface area contributed by atoms with Crippen molar-refractivity contribution in [2.75, 3.05) is 6.61 Å². The molecule has 0 amide bonds. The number of hydrogen-bond donors (Lipinski definition) is 2. The van der Waals surface area contributed by atoms with E-state index in [4.69, 9.17) is 10.5 Å². The van der Waals surface area contributed by atoms with Crippen molar-refractivity contribution in [1.29, 1.82) is 0 Å². The summed E-state index contributed by atoms with van der Waals surface area (Å²) in [7, 11) is 0. The molecule has 0 radical (unpaired) electrons. The number of aliphatic hydroxyl groups excluding tert-OH is 1. The van der Waals surface area contributed by atoms with Crippen LogP contribution in [0.25, 0.3) is 0 Å². The molecule has 18 heavy (non-hydrogen) atoms. The molecular weight excluding hydrogens is 234 g/mol. The standard InChI is InChI=1S/C13H25NO4/c1-12(2,3)10(16)9(14)8(7-15)18-11(17)13(4,5)6/h8-9,15H,7,14H2,1-6H3. The summed E-state index contributed by atoms with van der Waals surface area (Å²) >= 11 is 0. The van der Waals surface area contributed by atoms with Gasteiger partial charge < -0.3 is 15.6 Å². The first kappa shape index (κ1) is 17.1. The maximum atomic E-state index is 12.0. The van der Waals surface area contributed by atoms with Gasteiger partial charge in [0.15, 0.2) is 5.78 Å². The molecule has 0 aliphatic rings. The molecule has 0 spiro atoms. The molecule has 2 atom stereocenters. The first-order valence-corrected chi connectivity index (χ1v) is 6.03. The van der Waals surface area contributed by atoms with Crippen molar-refractivity contribution in [2.24, 2.45) is 16.6 Å². The van der Waals surface area contributed by atoms with Gasteiger partial charge in [0.1, 0.15) is 12.1 Å². The van der Waals surface area contributed by atoms with Crippen LogP contribution < -0.4 is 5.73 Å². The van der Waals surface area contributed by atoms with Crippen molar-refractivity contribution in [3.63, 3.8) is 0 Å². The van der Waals surface area contributed by atoms with Crippen LogP contribution in [0.5, 0.6) is 0 Å². The van der Waals surface area contributed by atoms with Crippen molar-refractivity contribution in [3.05, 3.63) is 0 Å². The largest absolute Gasteiger partial charge is 0.457 e. The number of aliphatic hydroxyl groups is 1. The fourth-order valence-corrected chi connectivity index (χ4v) is 1.21. The van der Waals surface area contributed by atoms with Crippen molar-refractivity contribution >= 4 is 11.8 Å². The molecule has 0 aliphatic carbocycles. The van der Waals surface area contributed by atoms with Crippen LogP contribution in [0.2, 0.25) is 0 Å². The molecular formula is C13H25NO4. The molecule has 106 valence electrons. The Labute approximate surface area is 109 Å². The smallest absolute Gasteiger partial charge is 0.311 e. The second kappa shape index (κ2) is 5.80. The number of nitrogens with two attached hydrogens (primary N) is 1. The highest BCUT2D eigenvalue weighted by Gasteiger charge is 2.36. The van der Waals surface area contributed by atoms with Crippen molar-refractivity contribution in [2.45, 2.75) is 53.7 Å². The summed E-state index contributed by atoms with van der Waals surface area (Å²) in [5.74, 6) is -0.734. The highest BCUT2D eigenvalue weighted by atomic mass is 16.6. The third kappa shape index (κ3) is 4.74. The Kier molecular flexibility index (Phi) is 5.50. The molecule has 0 fully saturated rings. The number of ketones is 1. The monoisotopic (exact) mass is 259 g/mol. The van der Waals surface area contributed by atoms with E-state index < -0.39 is 35.6 Å². The van der Waals surface area contributed by atoms with Crippen LogP contribution in [0.4, 0.5) is 0 Å². The minimum absolute atomic E-state index is 0.247. The summed E-state index contributed by atoms with van der Waals surface area (Å²) in [5, 5.41) is 9.22. The van der Waals surface area contributed by atoms with Gasteiger partial charge in [0.05, 0.1) is 12.0 Å². The fraction of sp³-hybridized carbons (Fsp3) is 0.846. The summed E-state index contributed by atoms with van der Waals surface area (Å²) in [6, 6.07) is -1.01. The Morgan fingerprint density at radius 1 is 1.11 bits per heavy atom. The normalized spacial score (nSPS) is 16.0. The van der Waals surface area contributed by atoms with Crippen LogP contribution in [0.3, 0.4) is 0 Å². The number of ether oxygens (including phenoxy) is 1. The minimum atomic E-state index is -1.01. The third-order valence-electron chi connectivity index (χ3n) is 2.49. The molecule has 5 heteroatoms. The van der Waals surface area contributed by atoms with Crippen LogP contribution in [0.1, 0.15) is 41.5 Å². The van der Waals surface area contributed by atoms with E-state index in [0.29, 0.717) is 0 Å². The number of hydrogen-bond acceptors (Lipinski definition) is 5. The SMILES string of the molecule is CC(C)(C)C(=O)OC(CO)C(N)C(=O)C(C)(C)C. The lowest BCUT2D eigenvalue weighted by atomic mass is 9.85. The lowest BCUT2D eigenvalue weighted by Gasteiger charge is -2.29. The zero-order valence-electron chi connectivity index (χ0n) is 12.1. The van der Waals surface area contributed by atoms with Crippen molar-refractivity contribution < 1.29 is 19.4 Å². The van der Waals surface area contributed by atoms with Gasteiger partial charge in [0.2, 0.25) is 0 Å². The van der Waals surface area contributed by atoms with Crippen LogP contribution >= 0.6 is 0 Å². The molecule has 0 heterocycles. The quantitative estimate of drug-likeness (QED) is 0.731. The Balaban J connectivity index is 4.81. The van der Waals surface area contributed by atoms with E-state index in [0.717, 1.165) is 0 Å². The highest BCUT2D eigenvalue weighted by Crippen LogP contribution is 2.21. The number of carbonyl (C=O) groups excluding carboxylic acids is 2. The minimum Gasteiger partial charge on any atom is -0.457 e. The average Bonchev–Trinajstić information content (AvgIpc) is 2.20. The zero-order chi connectivity index (χ0) is 14.7. The van der Waals surface area contributed by atoms with Gasteiger partial charge in [-0.25, -0.2) is 0 Å².